The highest BCUT2D eigenvalue weighted by Gasteiger charge is 2.22. The van der Waals surface area contributed by atoms with Crippen molar-refractivity contribution in [1.29, 1.82) is 0 Å². The molecule has 0 saturated carbocycles. The number of fused-ring (bicyclic) bond motifs is 1. The highest BCUT2D eigenvalue weighted by Crippen LogP contribution is 2.19. The van der Waals surface area contributed by atoms with Gasteiger partial charge in [-0.1, -0.05) is 42.5 Å². The Morgan fingerprint density at radius 2 is 1.86 bits per heavy atom. The summed E-state index contributed by atoms with van der Waals surface area (Å²) >= 11 is 3.91. The molecule has 2 aromatic carbocycles. The third-order valence-corrected chi connectivity index (χ3v) is 3.82. The number of carboxylic acid groups (broad SMARTS) is 1. The van der Waals surface area contributed by atoms with Crippen molar-refractivity contribution >= 4 is 35.3 Å². The lowest BCUT2D eigenvalue weighted by atomic mass is 9.99. The van der Waals surface area contributed by atoms with E-state index in [0.717, 1.165) is 16.3 Å². The zero-order valence-corrected chi connectivity index (χ0v) is 12.8. The zero-order chi connectivity index (χ0) is 16.1. The number of benzene rings is 2. The van der Waals surface area contributed by atoms with Crippen LogP contribution in [0.2, 0.25) is 0 Å². The van der Waals surface area contributed by atoms with Gasteiger partial charge in [-0.3, -0.25) is 4.79 Å². The van der Waals surface area contributed by atoms with Crippen LogP contribution in [0.5, 0.6) is 0 Å². The second kappa shape index (κ2) is 7.29. The van der Waals surface area contributed by atoms with Gasteiger partial charge < -0.3 is 16.2 Å². The van der Waals surface area contributed by atoms with Gasteiger partial charge in [-0.05, 0) is 22.8 Å². The van der Waals surface area contributed by atoms with Crippen LogP contribution in [-0.4, -0.2) is 34.8 Å². The van der Waals surface area contributed by atoms with Gasteiger partial charge >= 0.3 is 5.97 Å². The summed E-state index contributed by atoms with van der Waals surface area (Å²) in [6, 6.07) is 11.8. The Morgan fingerprint density at radius 3 is 2.55 bits per heavy atom. The lowest BCUT2D eigenvalue weighted by Crippen LogP contribution is -2.50. The maximum Gasteiger partial charge on any atom is 0.327 e. The maximum absolute atomic E-state index is 12.0. The molecule has 0 bridgehead atoms. The average Bonchev–Trinajstić information content (AvgIpc) is 2.52. The van der Waals surface area contributed by atoms with Crippen molar-refractivity contribution < 1.29 is 14.7 Å². The van der Waals surface area contributed by atoms with Crippen molar-refractivity contribution in [3.8, 4) is 0 Å². The average molecular weight is 318 g/mol. The number of carboxylic acids is 1. The molecule has 2 rings (SSSR count). The van der Waals surface area contributed by atoms with Gasteiger partial charge in [0.25, 0.3) is 0 Å². The van der Waals surface area contributed by atoms with Crippen LogP contribution in [0.25, 0.3) is 10.8 Å². The van der Waals surface area contributed by atoms with Crippen molar-refractivity contribution in [1.82, 2.24) is 5.32 Å². The normalized spacial score (nSPS) is 13.5. The number of nitrogens with one attached hydrogen (secondary N) is 1. The molecule has 0 heterocycles. The fraction of sp³-hybridized carbons (Fsp3) is 0.250. The third-order valence-electron chi connectivity index (χ3n) is 3.45. The quantitative estimate of drug-likeness (QED) is 0.602. The lowest BCUT2D eigenvalue weighted by Gasteiger charge is -2.17. The molecule has 0 spiro atoms. The molecule has 0 aliphatic rings. The van der Waals surface area contributed by atoms with Gasteiger partial charge in [0.05, 0.1) is 6.04 Å². The molecule has 0 unspecified atom stereocenters. The van der Waals surface area contributed by atoms with E-state index >= 15 is 0 Å². The number of hydrogen-bond donors (Lipinski definition) is 4. The van der Waals surface area contributed by atoms with E-state index in [-0.39, 0.29) is 5.75 Å². The minimum Gasteiger partial charge on any atom is -0.480 e. The molecule has 1 amide bonds. The van der Waals surface area contributed by atoms with Crippen LogP contribution in [0.4, 0.5) is 0 Å². The molecule has 22 heavy (non-hydrogen) atoms. The van der Waals surface area contributed by atoms with Gasteiger partial charge in [-0.25, -0.2) is 4.79 Å². The molecule has 0 radical (unpaired) electrons. The molecule has 0 saturated heterocycles. The number of nitrogens with two attached hydrogens (primary N) is 1. The monoisotopic (exact) mass is 318 g/mol. The van der Waals surface area contributed by atoms with Crippen molar-refractivity contribution in [3.63, 3.8) is 0 Å². The van der Waals surface area contributed by atoms with Crippen molar-refractivity contribution in [2.75, 3.05) is 5.75 Å². The van der Waals surface area contributed by atoms with Gasteiger partial charge in [-0.15, -0.1) is 0 Å². The topological polar surface area (TPSA) is 92.4 Å². The number of amides is 1. The summed E-state index contributed by atoms with van der Waals surface area (Å²) in [6.45, 7) is 0. The highest BCUT2D eigenvalue weighted by atomic mass is 32.1. The Hall–Kier alpha value is -2.05. The lowest BCUT2D eigenvalue weighted by molar-refractivity contribution is -0.141. The number of rotatable bonds is 6. The van der Waals surface area contributed by atoms with Crippen molar-refractivity contribution in [2.45, 2.75) is 18.5 Å². The summed E-state index contributed by atoms with van der Waals surface area (Å²) in [5.74, 6) is -1.60. The molecular formula is C16H18N2O3S. The van der Waals surface area contributed by atoms with E-state index in [0.29, 0.717) is 6.42 Å². The first kappa shape index (κ1) is 16.3. The molecule has 5 nitrogen and oxygen atoms in total. The minimum atomic E-state index is -1.12. The number of carbonyl (C=O) groups is 2. The predicted octanol–water partition coefficient (Wildman–Crippen LogP) is 1.21. The fourth-order valence-corrected chi connectivity index (χ4v) is 2.51. The van der Waals surface area contributed by atoms with E-state index < -0.39 is 24.0 Å². The first-order valence-electron chi connectivity index (χ1n) is 6.89. The standard InChI is InChI=1S/C16H18N2O3S/c17-13(15(19)18-14(9-22)16(20)21)8-11-6-3-5-10-4-1-2-7-12(10)11/h1-7,13-14,22H,8-9,17H2,(H,18,19)(H,20,21)/t13-,14-/m0/s1. The Bertz CT molecular complexity index is 685. The Balaban J connectivity index is 2.12. The smallest absolute Gasteiger partial charge is 0.327 e. The van der Waals surface area contributed by atoms with Crippen LogP contribution in [0, 0.1) is 0 Å². The minimum absolute atomic E-state index is 0.0159. The molecule has 0 aliphatic carbocycles. The molecule has 0 fully saturated rings. The van der Waals surface area contributed by atoms with Crippen molar-refractivity contribution in [3.05, 3.63) is 48.0 Å². The van der Waals surface area contributed by atoms with Crippen LogP contribution in [-0.2, 0) is 16.0 Å². The molecule has 2 atom stereocenters. The van der Waals surface area contributed by atoms with E-state index in [9.17, 15) is 9.59 Å². The first-order chi connectivity index (χ1) is 10.5. The third kappa shape index (κ3) is 3.78. The zero-order valence-electron chi connectivity index (χ0n) is 11.9. The van der Waals surface area contributed by atoms with E-state index in [1.165, 1.54) is 0 Å². The van der Waals surface area contributed by atoms with Crippen LogP contribution in [0.1, 0.15) is 5.56 Å². The SMILES string of the molecule is N[C@@H](Cc1cccc2ccccc12)C(=O)N[C@@H](CS)C(=O)O. The first-order valence-corrected chi connectivity index (χ1v) is 7.52. The van der Waals surface area contributed by atoms with E-state index in [4.69, 9.17) is 10.8 Å². The summed E-state index contributed by atoms with van der Waals surface area (Å²) in [4.78, 5) is 22.9. The van der Waals surface area contributed by atoms with Crippen LogP contribution < -0.4 is 11.1 Å². The predicted molar refractivity (Wildman–Crippen MR) is 89.0 cm³/mol. The van der Waals surface area contributed by atoms with E-state index in [1.807, 2.05) is 42.5 Å². The summed E-state index contributed by atoms with van der Waals surface area (Å²) in [7, 11) is 0. The molecule has 2 aromatic rings. The summed E-state index contributed by atoms with van der Waals surface area (Å²) in [5, 5.41) is 13.4. The Labute approximate surface area is 133 Å². The van der Waals surface area contributed by atoms with Gasteiger partial charge in [0.15, 0.2) is 0 Å². The van der Waals surface area contributed by atoms with E-state index in [1.54, 1.807) is 0 Å². The summed E-state index contributed by atoms with van der Waals surface area (Å²) < 4.78 is 0. The van der Waals surface area contributed by atoms with Gasteiger partial charge in [0, 0.05) is 5.75 Å². The number of thiol groups is 1. The number of hydrogen-bond acceptors (Lipinski definition) is 4. The molecule has 0 aliphatic heterocycles. The van der Waals surface area contributed by atoms with Crippen LogP contribution in [0.3, 0.4) is 0 Å². The Kier molecular flexibility index (Phi) is 5.41. The number of aliphatic carboxylic acids is 1. The summed E-state index contributed by atoms with van der Waals surface area (Å²) in [6.07, 6.45) is 0.339. The van der Waals surface area contributed by atoms with Gasteiger partial charge in [0.1, 0.15) is 6.04 Å². The second-order valence-corrected chi connectivity index (χ2v) is 5.40. The largest absolute Gasteiger partial charge is 0.480 e. The Morgan fingerprint density at radius 1 is 1.18 bits per heavy atom. The molecule has 116 valence electrons. The van der Waals surface area contributed by atoms with Crippen molar-refractivity contribution in [2.24, 2.45) is 5.73 Å². The van der Waals surface area contributed by atoms with Crippen LogP contribution >= 0.6 is 12.6 Å². The van der Waals surface area contributed by atoms with E-state index in [2.05, 4.69) is 17.9 Å². The molecule has 4 N–H and O–H groups in total. The van der Waals surface area contributed by atoms with Gasteiger partial charge in [0.2, 0.25) is 5.91 Å². The van der Waals surface area contributed by atoms with Crippen LogP contribution in [0.15, 0.2) is 42.5 Å². The highest BCUT2D eigenvalue weighted by molar-refractivity contribution is 7.80. The molecular weight excluding hydrogens is 300 g/mol. The number of carbonyl (C=O) groups excluding carboxylic acids is 1. The summed E-state index contributed by atoms with van der Waals surface area (Å²) in [5.41, 5.74) is 6.87. The molecule has 6 heteroatoms. The fourth-order valence-electron chi connectivity index (χ4n) is 2.26. The van der Waals surface area contributed by atoms with Gasteiger partial charge in [-0.2, -0.15) is 12.6 Å². The molecule has 0 aromatic heterocycles. The second-order valence-electron chi connectivity index (χ2n) is 5.03. The maximum atomic E-state index is 12.0.